The maximum Gasteiger partial charge on any atom is 0.202 e. The average molecular weight is 629 g/mol. The third-order valence-corrected chi connectivity index (χ3v) is 4.92. The normalized spacial score (nSPS) is 17.3. The fraction of sp³-hybridized carbons (Fsp3) is 0.538. The monoisotopic (exact) mass is 628 g/mol. The predicted molar refractivity (Wildman–Crippen MR) is 191 cm³/mol. The molecule has 6 nitrogen and oxygen atoms in total. The SMILES string of the molecule is CC.CC.CC.CCC.CCC.c1ccc(OC2CCO2)cc1.c1ccc(OC2CCO2)cc1.c1ccc(OCC2CO2)cc1. The van der Waals surface area contributed by atoms with Crippen LogP contribution >= 0.6 is 0 Å². The van der Waals surface area contributed by atoms with Crippen molar-refractivity contribution >= 4 is 0 Å². The first kappa shape index (κ1) is 44.1. The zero-order valence-electron chi connectivity index (χ0n) is 30.0. The summed E-state index contributed by atoms with van der Waals surface area (Å²) >= 11 is 0. The van der Waals surface area contributed by atoms with Crippen LogP contribution in [-0.2, 0) is 14.2 Å². The molecule has 3 aliphatic heterocycles. The van der Waals surface area contributed by atoms with E-state index in [-0.39, 0.29) is 12.6 Å². The molecule has 3 aliphatic rings. The van der Waals surface area contributed by atoms with Gasteiger partial charge in [0.15, 0.2) is 0 Å². The highest BCUT2D eigenvalue weighted by atomic mass is 16.7. The van der Waals surface area contributed by atoms with Gasteiger partial charge in [0.2, 0.25) is 12.6 Å². The van der Waals surface area contributed by atoms with Crippen molar-refractivity contribution in [3.8, 4) is 17.2 Å². The van der Waals surface area contributed by atoms with E-state index in [0.29, 0.717) is 12.7 Å². The third kappa shape index (κ3) is 25.9. The summed E-state index contributed by atoms with van der Waals surface area (Å²) in [5, 5.41) is 0. The predicted octanol–water partition coefficient (Wildman–Crippen LogP) is 11.0. The molecular formula is C39H64O6. The Hall–Kier alpha value is -3.06. The van der Waals surface area contributed by atoms with Gasteiger partial charge in [-0.15, -0.1) is 0 Å². The van der Waals surface area contributed by atoms with E-state index in [1.54, 1.807) is 0 Å². The molecule has 0 bridgehead atoms. The van der Waals surface area contributed by atoms with Crippen molar-refractivity contribution in [2.45, 2.75) is 114 Å². The molecule has 45 heavy (non-hydrogen) atoms. The number of hydrogen-bond donors (Lipinski definition) is 0. The molecule has 3 saturated heterocycles. The topological polar surface area (TPSA) is 58.7 Å². The van der Waals surface area contributed by atoms with Crippen molar-refractivity contribution in [2.24, 2.45) is 0 Å². The second-order valence-electron chi connectivity index (χ2n) is 9.03. The van der Waals surface area contributed by atoms with Crippen molar-refractivity contribution in [1.29, 1.82) is 0 Å². The van der Waals surface area contributed by atoms with Gasteiger partial charge in [-0.05, 0) is 36.4 Å². The van der Waals surface area contributed by atoms with Gasteiger partial charge in [0.1, 0.15) is 30.0 Å². The van der Waals surface area contributed by atoms with Crippen LogP contribution in [-0.4, -0.2) is 45.1 Å². The Labute approximate surface area is 276 Å². The molecule has 0 saturated carbocycles. The lowest BCUT2D eigenvalue weighted by molar-refractivity contribution is -0.165. The molecule has 6 rings (SSSR count). The Kier molecular flexibility index (Phi) is 33.1. The van der Waals surface area contributed by atoms with Crippen molar-refractivity contribution in [2.75, 3.05) is 26.4 Å². The smallest absolute Gasteiger partial charge is 0.202 e. The van der Waals surface area contributed by atoms with Gasteiger partial charge in [0, 0.05) is 12.8 Å². The van der Waals surface area contributed by atoms with E-state index in [0.717, 1.165) is 49.9 Å². The summed E-state index contributed by atoms with van der Waals surface area (Å²) in [6, 6.07) is 29.3. The van der Waals surface area contributed by atoms with Crippen molar-refractivity contribution in [3.05, 3.63) is 91.0 Å². The molecule has 3 heterocycles. The summed E-state index contributed by atoms with van der Waals surface area (Å²) in [6.07, 6.45) is 4.86. The summed E-state index contributed by atoms with van der Waals surface area (Å²) in [5.41, 5.74) is 0. The number of ether oxygens (including phenoxy) is 6. The van der Waals surface area contributed by atoms with Gasteiger partial charge in [-0.3, -0.25) is 0 Å². The molecule has 3 atom stereocenters. The lowest BCUT2D eigenvalue weighted by atomic mass is 10.3. The molecule has 0 amide bonds. The van der Waals surface area contributed by atoms with E-state index in [1.165, 1.54) is 12.8 Å². The molecule has 6 heteroatoms. The lowest BCUT2D eigenvalue weighted by Gasteiger charge is -2.26. The second kappa shape index (κ2) is 33.8. The van der Waals surface area contributed by atoms with Gasteiger partial charge in [-0.1, -0.05) is 137 Å². The van der Waals surface area contributed by atoms with Crippen molar-refractivity contribution < 1.29 is 28.4 Å². The number of benzene rings is 3. The fourth-order valence-electron chi connectivity index (χ4n) is 2.79. The molecule has 0 radical (unpaired) electrons. The van der Waals surface area contributed by atoms with E-state index in [9.17, 15) is 0 Å². The number of hydrogen-bond acceptors (Lipinski definition) is 6. The van der Waals surface area contributed by atoms with Crippen LogP contribution in [0.1, 0.15) is 94.9 Å². The van der Waals surface area contributed by atoms with E-state index < -0.39 is 0 Å². The molecule has 0 aromatic heterocycles. The molecule has 0 aliphatic carbocycles. The number of rotatable bonds is 7. The van der Waals surface area contributed by atoms with Crippen LogP contribution in [0.25, 0.3) is 0 Å². The third-order valence-electron chi connectivity index (χ3n) is 4.92. The first-order valence-electron chi connectivity index (χ1n) is 17.1. The maximum absolute atomic E-state index is 5.43. The lowest BCUT2D eigenvalue weighted by Crippen LogP contribution is -2.32. The number of para-hydroxylation sites is 3. The summed E-state index contributed by atoms with van der Waals surface area (Å²) in [5.74, 6) is 2.69. The number of epoxide rings is 1. The van der Waals surface area contributed by atoms with Crippen LogP contribution in [0.3, 0.4) is 0 Å². The van der Waals surface area contributed by atoms with Crippen molar-refractivity contribution in [3.63, 3.8) is 0 Å². The molecule has 3 fully saturated rings. The second-order valence-corrected chi connectivity index (χ2v) is 9.03. The highest BCUT2D eigenvalue weighted by molar-refractivity contribution is 5.22. The Morgan fingerprint density at radius 2 is 0.800 bits per heavy atom. The Bertz CT molecular complexity index is 874. The van der Waals surface area contributed by atoms with E-state index in [2.05, 4.69) is 27.7 Å². The Balaban J connectivity index is 0. The minimum atomic E-state index is -0.00241. The fourth-order valence-corrected chi connectivity index (χ4v) is 2.79. The standard InChI is InChI=1S/3C9H10O2.2C3H8.3C2H6/c1-2-4-8(5-3-1)10-6-9-7-11-9;2*1-2-4-8(5-3-1)11-9-6-7-10-9;2*1-3-2;3*1-2/h3*1-5,9H,6-7H2;2*3H2,1-2H3;3*1-2H3. The van der Waals surface area contributed by atoms with Gasteiger partial charge < -0.3 is 28.4 Å². The van der Waals surface area contributed by atoms with Crippen LogP contribution in [0, 0.1) is 0 Å². The summed E-state index contributed by atoms with van der Waals surface area (Å²) in [7, 11) is 0. The first-order chi connectivity index (χ1) is 22.2. The maximum atomic E-state index is 5.43. The highest BCUT2D eigenvalue weighted by Gasteiger charge is 2.23. The van der Waals surface area contributed by atoms with Crippen LogP contribution in [0.4, 0.5) is 0 Å². The van der Waals surface area contributed by atoms with Crippen LogP contribution in [0.5, 0.6) is 17.2 Å². The molecule has 256 valence electrons. The van der Waals surface area contributed by atoms with Gasteiger partial charge >= 0.3 is 0 Å². The molecular weight excluding hydrogens is 564 g/mol. The minimum Gasteiger partial charge on any atom is -0.491 e. The first-order valence-corrected chi connectivity index (χ1v) is 17.1. The summed E-state index contributed by atoms with van der Waals surface area (Å²) in [6.45, 7) is 23.7. The molecule has 0 spiro atoms. The zero-order chi connectivity index (χ0) is 34.0. The van der Waals surface area contributed by atoms with Gasteiger partial charge in [-0.2, -0.15) is 0 Å². The Morgan fingerprint density at radius 3 is 1.04 bits per heavy atom. The Morgan fingerprint density at radius 1 is 0.511 bits per heavy atom. The van der Waals surface area contributed by atoms with Gasteiger partial charge in [0.25, 0.3) is 0 Å². The quantitative estimate of drug-likeness (QED) is 0.243. The van der Waals surface area contributed by atoms with Crippen LogP contribution in [0.15, 0.2) is 91.0 Å². The summed E-state index contributed by atoms with van der Waals surface area (Å²) in [4.78, 5) is 0. The van der Waals surface area contributed by atoms with E-state index in [1.807, 2.05) is 133 Å². The molecule has 0 N–H and O–H groups in total. The summed E-state index contributed by atoms with van der Waals surface area (Å²) < 4.78 is 31.5. The largest absolute Gasteiger partial charge is 0.491 e. The average Bonchev–Trinajstić information content (AvgIpc) is 3.91. The van der Waals surface area contributed by atoms with Gasteiger partial charge in [0.05, 0.1) is 19.8 Å². The minimum absolute atomic E-state index is 0.00241. The molecule has 3 aromatic rings. The van der Waals surface area contributed by atoms with Gasteiger partial charge in [-0.25, -0.2) is 0 Å². The zero-order valence-corrected chi connectivity index (χ0v) is 30.0. The molecule has 3 unspecified atom stereocenters. The van der Waals surface area contributed by atoms with Crippen molar-refractivity contribution in [1.82, 2.24) is 0 Å². The van der Waals surface area contributed by atoms with E-state index >= 15 is 0 Å². The van der Waals surface area contributed by atoms with Crippen LogP contribution in [0.2, 0.25) is 0 Å². The van der Waals surface area contributed by atoms with E-state index in [4.69, 9.17) is 28.4 Å². The molecule has 3 aromatic carbocycles. The highest BCUT2D eigenvalue weighted by Crippen LogP contribution is 2.19. The van der Waals surface area contributed by atoms with Crippen LogP contribution < -0.4 is 14.2 Å².